The molecule has 0 aliphatic heterocycles. The molecule has 12 heteroatoms. The Labute approximate surface area is 182 Å². The molecular formula is C17H14Cl2N2O5S3. The summed E-state index contributed by atoms with van der Waals surface area (Å²) in [6.07, 6.45) is 0. The molecule has 29 heavy (non-hydrogen) atoms. The maximum Gasteiger partial charge on any atom is 0.271 e. The Morgan fingerprint density at radius 3 is 2.03 bits per heavy atom. The van der Waals surface area contributed by atoms with Crippen molar-refractivity contribution in [2.24, 2.45) is 0 Å². The molecule has 0 saturated carbocycles. The lowest BCUT2D eigenvalue weighted by Crippen LogP contribution is -2.17. The van der Waals surface area contributed by atoms with E-state index in [0.717, 1.165) is 11.3 Å². The zero-order chi connectivity index (χ0) is 21.2. The smallest absolute Gasteiger partial charge is 0.271 e. The van der Waals surface area contributed by atoms with Crippen LogP contribution in [0.3, 0.4) is 0 Å². The summed E-state index contributed by atoms with van der Waals surface area (Å²) in [5, 5.41) is 1.71. The maximum absolute atomic E-state index is 12.8. The van der Waals surface area contributed by atoms with Crippen LogP contribution in [0.25, 0.3) is 0 Å². The van der Waals surface area contributed by atoms with Crippen molar-refractivity contribution in [3.63, 3.8) is 0 Å². The van der Waals surface area contributed by atoms with E-state index in [9.17, 15) is 16.8 Å². The van der Waals surface area contributed by atoms with E-state index in [1.165, 1.54) is 43.5 Å². The first kappa shape index (κ1) is 21.7. The van der Waals surface area contributed by atoms with Crippen LogP contribution in [-0.4, -0.2) is 23.9 Å². The fourth-order valence-electron chi connectivity index (χ4n) is 2.30. The SMILES string of the molecule is COc1cccc(S(=O)(=O)Nc2cc(Cl)c(Cl)cc2NS(=O)(=O)c2cccs2)c1. The summed E-state index contributed by atoms with van der Waals surface area (Å²) in [7, 11) is -6.60. The van der Waals surface area contributed by atoms with E-state index in [0.29, 0.717) is 5.75 Å². The fraction of sp³-hybridized carbons (Fsp3) is 0.0588. The normalized spacial score (nSPS) is 11.8. The van der Waals surface area contributed by atoms with E-state index in [2.05, 4.69) is 9.44 Å². The van der Waals surface area contributed by atoms with Gasteiger partial charge in [-0.15, -0.1) is 11.3 Å². The summed E-state index contributed by atoms with van der Waals surface area (Å²) in [6.45, 7) is 0. The van der Waals surface area contributed by atoms with E-state index < -0.39 is 20.0 Å². The Morgan fingerprint density at radius 1 is 0.862 bits per heavy atom. The Hall–Kier alpha value is -1.98. The second kappa shape index (κ2) is 8.41. The van der Waals surface area contributed by atoms with Crippen molar-refractivity contribution in [3.8, 4) is 5.75 Å². The molecule has 0 amide bonds. The molecule has 0 bridgehead atoms. The first-order chi connectivity index (χ1) is 13.6. The van der Waals surface area contributed by atoms with Crippen molar-refractivity contribution in [1.29, 1.82) is 0 Å². The van der Waals surface area contributed by atoms with Crippen LogP contribution in [0.4, 0.5) is 11.4 Å². The van der Waals surface area contributed by atoms with Crippen LogP contribution < -0.4 is 14.2 Å². The number of thiophene rings is 1. The van der Waals surface area contributed by atoms with Crippen LogP contribution in [0.1, 0.15) is 0 Å². The van der Waals surface area contributed by atoms with Crippen molar-refractivity contribution in [2.75, 3.05) is 16.6 Å². The molecule has 0 radical (unpaired) electrons. The number of sulfonamides is 2. The van der Waals surface area contributed by atoms with Gasteiger partial charge in [0, 0.05) is 6.07 Å². The molecule has 0 fully saturated rings. The summed E-state index contributed by atoms with van der Waals surface area (Å²) in [5.41, 5.74) is -0.151. The Balaban J connectivity index is 2.02. The van der Waals surface area contributed by atoms with Gasteiger partial charge in [-0.1, -0.05) is 35.3 Å². The fourth-order valence-corrected chi connectivity index (χ4v) is 5.80. The molecule has 7 nitrogen and oxygen atoms in total. The molecule has 3 aromatic rings. The molecular weight excluding hydrogens is 479 g/mol. The van der Waals surface area contributed by atoms with E-state index in [1.807, 2.05) is 0 Å². The lowest BCUT2D eigenvalue weighted by Gasteiger charge is -2.15. The summed E-state index contributed by atoms with van der Waals surface area (Å²) in [5.74, 6) is 0.348. The zero-order valence-corrected chi connectivity index (χ0v) is 18.7. The summed E-state index contributed by atoms with van der Waals surface area (Å²) in [4.78, 5) is -0.0741. The van der Waals surface area contributed by atoms with Gasteiger partial charge in [0.05, 0.1) is 33.4 Å². The van der Waals surface area contributed by atoms with E-state index >= 15 is 0 Å². The number of halogens is 2. The Bertz CT molecular complexity index is 1240. The summed E-state index contributed by atoms with van der Waals surface area (Å²) >= 11 is 13.0. The van der Waals surface area contributed by atoms with Crippen LogP contribution in [0, 0.1) is 0 Å². The average molecular weight is 493 g/mol. The second-order valence-electron chi connectivity index (χ2n) is 5.63. The molecule has 0 saturated heterocycles. The average Bonchev–Trinajstić information content (AvgIpc) is 3.21. The molecule has 0 aliphatic carbocycles. The van der Waals surface area contributed by atoms with Gasteiger partial charge in [0.1, 0.15) is 9.96 Å². The van der Waals surface area contributed by atoms with Gasteiger partial charge >= 0.3 is 0 Å². The van der Waals surface area contributed by atoms with Crippen molar-refractivity contribution < 1.29 is 21.6 Å². The summed E-state index contributed by atoms with van der Waals surface area (Å²) < 4.78 is 60.5. The second-order valence-corrected chi connectivity index (χ2v) is 11.0. The highest BCUT2D eigenvalue weighted by Gasteiger charge is 2.22. The predicted octanol–water partition coefficient (Wildman–Crippen LogP) is 4.67. The Kier molecular flexibility index (Phi) is 6.30. The lowest BCUT2D eigenvalue weighted by molar-refractivity contribution is 0.413. The first-order valence-corrected chi connectivity index (χ1v) is 12.4. The predicted molar refractivity (Wildman–Crippen MR) is 115 cm³/mol. The number of nitrogens with one attached hydrogen (secondary N) is 2. The minimum Gasteiger partial charge on any atom is -0.497 e. The van der Waals surface area contributed by atoms with Gasteiger partial charge in [-0.2, -0.15) is 0 Å². The maximum atomic E-state index is 12.8. The van der Waals surface area contributed by atoms with Crippen molar-refractivity contribution >= 4 is 66.0 Å². The molecule has 0 aliphatic rings. The zero-order valence-electron chi connectivity index (χ0n) is 14.7. The van der Waals surface area contributed by atoms with Crippen LogP contribution in [0.15, 0.2) is 63.0 Å². The largest absolute Gasteiger partial charge is 0.497 e. The highest BCUT2D eigenvalue weighted by atomic mass is 35.5. The molecule has 0 unspecified atom stereocenters. The molecule has 3 rings (SSSR count). The summed E-state index contributed by atoms with van der Waals surface area (Å²) in [6, 6.07) is 11.3. The molecule has 2 aromatic carbocycles. The van der Waals surface area contributed by atoms with E-state index in [1.54, 1.807) is 17.5 Å². The highest BCUT2D eigenvalue weighted by molar-refractivity contribution is 7.94. The first-order valence-electron chi connectivity index (χ1n) is 7.84. The third kappa shape index (κ3) is 4.96. The number of methoxy groups -OCH3 is 1. The number of anilines is 2. The third-order valence-electron chi connectivity index (χ3n) is 3.66. The van der Waals surface area contributed by atoms with Crippen LogP contribution in [0.5, 0.6) is 5.75 Å². The molecule has 2 N–H and O–H groups in total. The van der Waals surface area contributed by atoms with E-state index in [4.69, 9.17) is 27.9 Å². The number of benzene rings is 2. The molecule has 154 valence electrons. The number of ether oxygens (including phenoxy) is 1. The number of hydrogen-bond donors (Lipinski definition) is 2. The minimum absolute atomic E-state index is 0.0501. The molecule has 1 aromatic heterocycles. The number of hydrogen-bond acceptors (Lipinski definition) is 6. The van der Waals surface area contributed by atoms with Gasteiger partial charge < -0.3 is 4.74 Å². The van der Waals surface area contributed by atoms with Crippen LogP contribution in [0.2, 0.25) is 10.0 Å². The standard InChI is InChI=1S/C17H14Cl2N2O5S3/c1-26-11-4-2-5-12(8-11)28(22,23)20-15-9-13(18)14(19)10-16(15)21-29(24,25)17-6-3-7-27-17/h2-10,20-21H,1H3. The third-order valence-corrected chi connectivity index (χ3v) is 8.51. The van der Waals surface area contributed by atoms with Crippen LogP contribution in [-0.2, 0) is 20.0 Å². The molecule has 1 heterocycles. The van der Waals surface area contributed by atoms with Crippen molar-refractivity contribution in [1.82, 2.24) is 0 Å². The number of rotatable bonds is 7. The van der Waals surface area contributed by atoms with Crippen molar-refractivity contribution in [2.45, 2.75) is 9.10 Å². The van der Waals surface area contributed by atoms with Gasteiger partial charge in [0.2, 0.25) is 0 Å². The lowest BCUT2D eigenvalue weighted by atomic mass is 10.3. The quantitative estimate of drug-likeness (QED) is 0.498. The Morgan fingerprint density at radius 2 is 1.48 bits per heavy atom. The van der Waals surface area contributed by atoms with Crippen molar-refractivity contribution in [3.05, 3.63) is 64.0 Å². The molecule has 0 atom stereocenters. The monoisotopic (exact) mass is 492 g/mol. The molecule has 0 spiro atoms. The van der Waals surface area contributed by atoms with E-state index in [-0.39, 0.29) is 30.5 Å². The van der Waals surface area contributed by atoms with Gasteiger partial charge in [0.25, 0.3) is 20.0 Å². The highest BCUT2D eigenvalue weighted by Crippen LogP contribution is 2.35. The minimum atomic E-state index is -4.07. The van der Waals surface area contributed by atoms with Crippen LogP contribution >= 0.6 is 34.5 Å². The van der Waals surface area contributed by atoms with Gasteiger partial charge in [0.15, 0.2) is 0 Å². The van der Waals surface area contributed by atoms with Gasteiger partial charge in [-0.25, -0.2) is 16.8 Å². The van der Waals surface area contributed by atoms with Gasteiger partial charge in [-0.3, -0.25) is 9.44 Å². The van der Waals surface area contributed by atoms with Gasteiger partial charge in [-0.05, 0) is 35.7 Å². The topological polar surface area (TPSA) is 102 Å².